The van der Waals surface area contributed by atoms with E-state index in [1.54, 1.807) is 31.3 Å². The van der Waals surface area contributed by atoms with Crippen molar-refractivity contribution in [3.05, 3.63) is 29.8 Å². The average Bonchev–Trinajstić information content (AvgIpc) is 2.47. The maximum Gasteiger partial charge on any atom is 0.257 e. The molecule has 18 heavy (non-hydrogen) atoms. The van der Waals surface area contributed by atoms with E-state index in [1.165, 1.54) is 11.8 Å². The molecule has 1 aromatic rings. The molecule has 1 heterocycles. The molecule has 1 aliphatic heterocycles. The molecule has 5 heteroatoms. The second-order valence-electron chi connectivity index (χ2n) is 4.95. The van der Waals surface area contributed by atoms with Crippen LogP contribution in [0.15, 0.2) is 24.3 Å². The smallest absolute Gasteiger partial charge is 0.257 e. The summed E-state index contributed by atoms with van der Waals surface area (Å²) < 4.78 is 0. The fourth-order valence-electron chi connectivity index (χ4n) is 2.34. The highest BCUT2D eigenvalue weighted by Crippen LogP contribution is 2.29. The van der Waals surface area contributed by atoms with Crippen molar-refractivity contribution >= 4 is 5.91 Å². The first-order chi connectivity index (χ1) is 8.34. The van der Waals surface area contributed by atoms with Crippen molar-refractivity contribution in [1.82, 2.24) is 4.90 Å². The lowest BCUT2D eigenvalue weighted by atomic mass is 9.94. The van der Waals surface area contributed by atoms with Crippen LogP contribution in [0, 0.1) is 0 Å². The molecule has 1 fully saturated rings. The maximum absolute atomic E-state index is 11.8. The van der Waals surface area contributed by atoms with Gasteiger partial charge in [0.25, 0.3) is 5.91 Å². The van der Waals surface area contributed by atoms with Gasteiger partial charge in [0.1, 0.15) is 11.9 Å². The summed E-state index contributed by atoms with van der Waals surface area (Å²) in [5, 5.41) is 29.1. The van der Waals surface area contributed by atoms with Gasteiger partial charge < -0.3 is 20.2 Å². The Morgan fingerprint density at radius 1 is 1.33 bits per heavy atom. The van der Waals surface area contributed by atoms with E-state index in [0.29, 0.717) is 6.42 Å². The Morgan fingerprint density at radius 2 is 1.89 bits per heavy atom. The van der Waals surface area contributed by atoms with E-state index in [2.05, 4.69) is 0 Å². The lowest BCUT2D eigenvalue weighted by Gasteiger charge is -2.22. The predicted molar refractivity (Wildman–Crippen MR) is 65.0 cm³/mol. The number of hydrogen-bond donors (Lipinski definition) is 3. The van der Waals surface area contributed by atoms with Crippen LogP contribution in [-0.4, -0.2) is 50.9 Å². The lowest BCUT2D eigenvalue weighted by molar-refractivity contribution is -0.144. The monoisotopic (exact) mass is 251 g/mol. The summed E-state index contributed by atoms with van der Waals surface area (Å²) in [6.45, 7) is 1.33. The molecule has 0 saturated carbocycles. The van der Waals surface area contributed by atoms with Gasteiger partial charge in [-0.3, -0.25) is 4.79 Å². The number of phenols is 1. The summed E-state index contributed by atoms with van der Waals surface area (Å²) in [5.41, 5.74) is -0.842. The second-order valence-corrected chi connectivity index (χ2v) is 4.95. The topological polar surface area (TPSA) is 81.0 Å². The summed E-state index contributed by atoms with van der Waals surface area (Å²) in [4.78, 5) is 13.1. The number of carbonyl (C=O) groups excluding carboxylic acids is 1. The van der Waals surface area contributed by atoms with Gasteiger partial charge in [0, 0.05) is 7.05 Å². The highest BCUT2D eigenvalue weighted by atomic mass is 16.4. The van der Waals surface area contributed by atoms with Crippen molar-refractivity contribution in [3.8, 4) is 5.75 Å². The lowest BCUT2D eigenvalue weighted by Crippen LogP contribution is -2.43. The van der Waals surface area contributed by atoms with E-state index in [1.807, 2.05) is 0 Å². The van der Waals surface area contributed by atoms with Crippen LogP contribution in [0.4, 0.5) is 0 Å². The summed E-state index contributed by atoms with van der Waals surface area (Å²) in [6.07, 6.45) is -0.691. The molecule has 1 amide bonds. The van der Waals surface area contributed by atoms with E-state index in [-0.39, 0.29) is 5.75 Å². The van der Waals surface area contributed by atoms with Gasteiger partial charge in [-0.05, 0) is 31.0 Å². The van der Waals surface area contributed by atoms with Gasteiger partial charge in [0.2, 0.25) is 0 Å². The highest BCUT2D eigenvalue weighted by Gasteiger charge is 2.53. The second kappa shape index (κ2) is 4.26. The quantitative estimate of drug-likeness (QED) is 0.685. The number of amides is 1. The molecule has 98 valence electrons. The Morgan fingerprint density at radius 3 is 2.33 bits per heavy atom. The van der Waals surface area contributed by atoms with Crippen molar-refractivity contribution in [2.75, 3.05) is 7.05 Å². The van der Waals surface area contributed by atoms with Gasteiger partial charge in [-0.15, -0.1) is 0 Å². The van der Waals surface area contributed by atoms with Crippen LogP contribution in [-0.2, 0) is 11.2 Å². The van der Waals surface area contributed by atoms with Gasteiger partial charge in [-0.1, -0.05) is 12.1 Å². The van der Waals surface area contributed by atoms with Crippen molar-refractivity contribution in [2.45, 2.75) is 31.1 Å². The molecule has 0 radical (unpaired) electrons. The molecule has 0 aromatic heterocycles. The fourth-order valence-corrected chi connectivity index (χ4v) is 2.34. The summed E-state index contributed by atoms with van der Waals surface area (Å²) in [7, 11) is 1.57. The zero-order chi connectivity index (χ0) is 13.5. The molecule has 1 saturated heterocycles. The largest absolute Gasteiger partial charge is 0.508 e. The van der Waals surface area contributed by atoms with E-state index >= 15 is 0 Å². The third-order valence-electron chi connectivity index (χ3n) is 3.57. The number of likely N-dealkylation sites (tertiary alicyclic amines) is 1. The molecule has 1 aromatic carbocycles. The molecular formula is C13H17NO4. The summed E-state index contributed by atoms with van der Waals surface area (Å²) >= 11 is 0. The summed E-state index contributed by atoms with van der Waals surface area (Å²) in [5.74, 6) is -0.305. The van der Waals surface area contributed by atoms with E-state index in [0.717, 1.165) is 5.56 Å². The maximum atomic E-state index is 11.8. The van der Waals surface area contributed by atoms with Gasteiger partial charge in [0.15, 0.2) is 5.60 Å². The molecule has 1 aliphatic rings. The van der Waals surface area contributed by atoms with Crippen LogP contribution >= 0.6 is 0 Å². The van der Waals surface area contributed by atoms with Crippen molar-refractivity contribution < 1.29 is 20.1 Å². The van der Waals surface area contributed by atoms with Crippen molar-refractivity contribution in [3.63, 3.8) is 0 Å². The minimum Gasteiger partial charge on any atom is -0.508 e. The molecule has 3 atom stereocenters. The molecule has 5 nitrogen and oxygen atoms in total. The van der Waals surface area contributed by atoms with Crippen LogP contribution in [0.3, 0.4) is 0 Å². The molecular weight excluding hydrogens is 234 g/mol. The third kappa shape index (κ3) is 1.95. The van der Waals surface area contributed by atoms with Gasteiger partial charge in [-0.2, -0.15) is 0 Å². The number of benzene rings is 1. The van der Waals surface area contributed by atoms with E-state index < -0.39 is 23.7 Å². The third-order valence-corrected chi connectivity index (χ3v) is 3.57. The normalized spacial score (nSPS) is 32.0. The molecule has 0 spiro atoms. The first kappa shape index (κ1) is 12.9. The standard InChI is InChI=1S/C13H17NO4/c1-13(18)11(16)10(14(2)12(13)17)7-8-3-5-9(15)6-4-8/h3-6,10-11,15-16,18H,7H2,1-2H3/t10-,11+,13-/m1/s1. The number of aliphatic hydroxyl groups excluding tert-OH is 1. The van der Waals surface area contributed by atoms with E-state index in [9.17, 15) is 20.1 Å². The summed E-state index contributed by atoms with van der Waals surface area (Å²) in [6, 6.07) is 6.10. The van der Waals surface area contributed by atoms with Gasteiger partial charge in [0.05, 0.1) is 6.04 Å². The number of phenolic OH excluding ortho intramolecular Hbond substituents is 1. The van der Waals surface area contributed by atoms with Crippen molar-refractivity contribution in [2.24, 2.45) is 0 Å². The number of aliphatic hydroxyl groups is 2. The molecule has 2 rings (SSSR count). The van der Waals surface area contributed by atoms with Crippen molar-refractivity contribution in [1.29, 1.82) is 0 Å². The zero-order valence-electron chi connectivity index (χ0n) is 10.4. The zero-order valence-corrected chi connectivity index (χ0v) is 10.4. The SMILES string of the molecule is CN1C(=O)[C@](C)(O)[C@@H](O)[C@H]1Cc1ccc(O)cc1. The first-order valence-electron chi connectivity index (χ1n) is 5.79. The van der Waals surface area contributed by atoms with Gasteiger partial charge in [-0.25, -0.2) is 0 Å². The fraction of sp³-hybridized carbons (Fsp3) is 0.462. The first-order valence-corrected chi connectivity index (χ1v) is 5.79. The predicted octanol–water partition coefficient (Wildman–Crippen LogP) is -0.113. The Bertz CT molecular complexity index is 455. The molecule has 3 N–H and O–H groups in total. The Hall–Kier alpha value is -1.59. The van der Waals surface area contributed by atoms with E-state index in [4.69, 9.17) is 0 Å². The van der Waals surface area contributed by atoms with Crippen LogP contribution in [0.25, 0.3) is 0 Å². The molecule has 0 aliphatic carbocycles. The number of aromatic hydroxyl groups is 1. The Balaban J connectivity index is 2.19. The minimum atomic E-state index is -1.73. The Labute approximate surface area is 105 Å². The van der Waals surface area contributed by atoms with Crippen LogP contribution in [0.5, 0.6) is 5.75 Å². The van der Waals surface area contributed by atoms with Crippen LogP contribution in [0.1, 0.15) is 12.5 Å². The minimum absolute atomic E-state index is 0.169. The number of rotatable bonds is 2. The number of likely N-dealkylation sites (N-methyl/N-ethyl adjacent to an activating group) is 1. The van der Waals surface area contributed by atoms with Gasteiger partial charge >= 0.3 is 0 Å². The number of carbonyl (C=O) groups is 1. The number of nitrogens with zero attached hydrogens (tertiary/aromatic N) is 1. The van der Waals surface area contributed by atoms with Crippen LogP contribution < -0.4 is 0 Å². The highest BCUT2D eigenvalue weighted by molar-refractivity contribution is 5.88. The average molecular weight is 251 g/mol. The number of hydrogen-bond acceptors (Lipinski definition) is 4. The van der Waals surface area contributed by atoms with Crippen LogP contribution in [0.2, 0.25) is 0 Å². The Kier molecular flexibility index (Phi) is 3.04. The molecule has 0 unspecified atom stereocenters. The molecule has 0 bridgehead atoms.